The van der Waals surface area contributed by atoms with E-state index in [1.807, 2.05) is 60.8 Å². The van der Waals surface area contributed by atoms with Crippen LogP contribution in [0.15, 0.2) is 77.8 Å². The summed E-state index contributed by atoms with van der Waals surface area (Å²) >= 11 is 0. The second-order valence-electron chi connectivity index (χ2n) is 6.29. The lowest BCUT2D eigenvalue weighted by molar-refractivity contribution is 1.11. The van der Waals surface area contributed by atoms with Crippen molar-refractivity contribution in [3.8, 4) is 11.4 Å². The molecule has 0 amide bonds. The van der Waals surface area contributed by atoms with Crippen LogP contribution in [-0.2, 0) is 6.54 Å². The number of aromatic nitrogens is 2. The van der Waals surface area contributed by atoms with E-state index in [1.54, 1.807) is 0 Å². The third-order valence-electron chi connectivity index (χ3n) is 4.54. The minimum atomic E-state index is 0.717. The van der Waals surface area contributed by atoms with Crippen LogP contribution in [0.25, 0.3) is 22.3 Å². The van der Waals surface area contributed by atoms with Gasteiger partial charge in [-0.05, 0) is 35.4 Å². The lowest BCUT2D eigenvalue weighted by Crippen LogP contribution is -2.00. The zero-order valence-electron chi connectivity index (χ0n) is 14.1. The molecule has 0 aliphatic carbocycles. The van der Waals surface area contributed by atoms with Crippen LogP contribution in [0.1, 0.15) is 11.1 Å². The average molecular weight is 336 g/mol. The topological polar surface area (TPSA) is 50.2 Å². The molecule has 0 radical (unpaired) electrons. The van der Waals surface area contributed by atoms with E-state index in [0.717, 1.165) is 45.9 Å². The summed E-state index contributed by atoms with van der Waals surface area (Å²) in [5.74, 6) is 1.53. The van der Waals surface area contributed by atoms with Crippen LogP contribution >= 0.6 is 0 Å². The van der Waals surface area contributed by atoms with E-state index < -0.39 is 0 Å². The Labute approximate surface area is 151 Å². The van der Waals surface area contributed by atoms with Crippen LogP contribution < -0.4 is 5.32 Å². The van der Waals surface area contributed by atoms with Gasteiger partial charge in [0.05, 0.1) is 12.1 Å². The first-order valence-corrected chi connectivity index (χ1v) is 8.59. The number of nitrogens with one attached hydrogen (secondary N) is 1. The van der Waals surface area contributed by atoms with Gasteiger partial charge in [0.1, 0.15) is 5.82 Å². The zero-order chi connectivity index (χ0) is 17.3. The SMILES string of the molecule is C1=NCc2ccc(Nc3nc(-c4ccccc4)nc4ccccc34)cc21. The van der Waals surface area contributed by atoms with Crippen molar-refractivity contribution in [2.45, 2.75) is 6.54 Å². The van der Waals surface area contributed by atoms with Gasteiger partial charge in [-0.25, -0.2) is 9.97 Å². The fraction of sp³-hybridized carbons (Fsp3) is 0.0455. The molecule has 0 unspecified atom stereocenters. The molecule has 0 bridgehead atoms. The van der Waals surface area contributed by atoms with E-state index in [1.165, 1.54) is 5.56 Å². The molecule has 2 heterocycles. The van der Waals surface area contributed by atoms with E-state index in [-0.39, 0.29) is 0 Å². The molecule has 4 aromatic rings. The molecule has 0 atom stereocenters. The quantitative estimate of drug-likeness (QED) is 0.574. The molecule has 26 heavy (non-hydrogen) atoms. The van der Waals surface area contributed by atoms with Gasteiger partial charge in [0.25, 0.3) is 0 Å². The summed E-state index contributed by atoms with van der Waals surface area (Å²) in [5.41, 5.74) is 5.35. The minimum Gasteiger partial charge on any atom is -0.340 e. The highest BCUT2D eigenvalue weighted by molar-refractivity contribution is 5.93. The summed E-state index contributed by atoms with van der Waals surface area (Å²) in [6, 6.07) is 24.4. The molecule has 1 N–H and O–H groups in total. The van der Waals surface area contributed by atoms with E-state index in [9.17, 15) is 0 Å². The standard InChI is InChI=1S/C22H16N4/c1-2-6-15(7-3-1)21-25-20-9-5-4-8-19(20)22(26-21)24-18-11-10-16-13-23-14-17(16)12-18/h1-12,14H,13H2,(H,24,25,26). The Morgan fingerprint density at radius 2 is 1.65 bits per heavy atom. The minimum absolute atomic E-state index is 0.717. The molecular weight excluding hydrogens is 320 g/mol. The Bertz CT molecular complexity index is 1130. The number of nitrogens with zero attached hydrogens (tertiary/aromatic N) is 3. The maximum Gasteiger partial charge on any atom is 0.162 e. The van der Waals surface area contributed by atoms with Crippen LogP contribution in [-0.4, -0.2) is 16.2 Å². The Morgan fingerprint density at radius 3 is 2.58 bits per heavy atom. The van der Waals surface area contributed by atoms with Crippen molar-refractivity contribution in [1.82, 2.24) is 9.97 Å². The molecule has 1 aliphatic rings. The van der Waals surface area contributed by atoms with Crippen molar-refractivity contribution >= 4 is 28.6 Å². The van der Waals surface area contributed by atoms with Crippen LogP contribution in [0.3, 0.4) is 0 Å². The van der Waals surface area contributed by atoms with Gasteiger partial charge < -0.3 is 5.32 Å². The van der Waals surface area contributed by atoms with Gasteiger partial charge in [-0.2, -0.15) is 0 Å². The van der Waals surface area contributed by atoms with Crippen molar-refractivity contribution in [3.63, 3.8) is 0 Å². The lowest BCUT2D eigenvalue weighted by atomic mass is 10.1. The van der Waals surface area contributed by atoms with E-state index >= 15 is 0 Å². The Balaban J connectivity index is 1.63. The lowest BCUT2D eigenvalue weighted by Gasteiger charge is -2.12. The number of anilines is 2. The number of hydrogen-bond acceptors (Lipinski definition) is 4. The highest BCUT2D eigenvalue weighted by Gasteiger charge is 2.11. The fourth-order valence-corrected chi connectivity index (χ4v) is 3.20. The number of benzene rings is 3. The number of fused-ring (bicyclic) bond motifs is 2. The maximum absolute atomic E-state index is 4.80. The Hall–Kier alpha value is -3.53. The molecular formula is C22H16N4. The summed E-state index contributed by atoms with van der Waals surface area (Å²) in [7, 11) is 0. The third kappa shape index (κ3) is 2.62. The van der Waals surface area contributed by atoms with Crippen molar-refractivity contribution in [2.75, 3.05) is 5.32 Å². The summed E-state index contributed by atoms with van der Waals surface area (Å²) in [5, 5.41) is 4.48. The van der Waals surface area contributed by atoms with Crippen molar-refractivity contribution in [2.24, 2.45) is 4.99 Å². The molecule has 0 fully saturated rings. The second kappa shape index (κ2) is 6.08. The molecule has 1 aliphatic heterocycles. The normalized spacial score (nSPS) is 12.3. The van der Waals surface area contributed by atoms with Crippen LogP contribution in [0.2, 0.25) is 0 Å². The Kier molecular flexibility index (Phi) is 3.46. The monoisotopic (exact) mass is 336 g/mol. The van der Waals surface area contributed by atoms with Gasteiger partial charge in [0.2, 0.25) is 0 Å². The smallest absolute Gasteiger partial charge is 0.162 e. The van der Waals surface area contributed by atoms with Gasteiger partial charge in [0.15, 0.2) is 5.82 Å². The maximum atomic E-state index is 4.80. The first kappa shape index (κ1) is 14.8. The van der Waals surface area contributed by atoms with Crippen LogP contribution in [0, 0.1) is 0 Å². The molecule has 0 saturated carbocycles. The van der Waals surface area contributed by atoms with Gasteiger partial charge >= 0.3 is 0 Å². The highest BCUT2D eigenvalue weighted by Crippen LogP contribution is 2.28. The highest BCUT2D eigenvalue weighted by atomic mass is 15.0. The average Bonchev–Trinajstić information content (AvgIpc) is 3.16. The van der Waals surface area contributed by atoms with E-state index in [2.05, 4.69) is 28.5 Å². The molecule has 4 heteroatoms. The van der Waals surface area contributed by atoms with E-state index in [0.29, 0.717) is 0 Å². The second-order valence-corrected chi connectivity index (χ2v) is 6.29. The Morgan fingerprint density at radius 1 is 0.808 bits per heavy atom. The predicted octanol–water partition coefficient (Wildman–Crippen LogP) is 4.97. The van der Waals surface area contributed by atoms with Crippen molar-refractivity contribution in [1.29, 1.82) is 0 Å². The number of hydrogen-bond donors (Lipinski definition) is 1. The van der Waals surface area contributed by atoms with Gasteiger partial charge in [0, 0.05) is 22.9 Å². The van der Waals surface area contributed by atoms with E-state index in [4.69, 9.17) is 9.97 Å². The van der Waals surface area contributed by atoms with Gasteiger partial charge in [-0.3, -0.25) is 4.99 Å². The first-order valence-electron chi connectivity index (χ1n) is 8.59. The fourth-order valence-electron chi connectivity index (χ4n) is 3.20. The third-order valence-corrected chi connectivity index (χ3v) is 4.54. The summed E-state index contributed by atoms with van der Waals surface area (Å²) in [6.45, 7) is 0.768. The van der Waals surface area contributed by atoms with Crippen LogP contribution in [0.5, 0.6) is 0 Å². The summed E-state index contributed by atoms with van der Waals surface area (Å²) < 4.78 is 0. The molecule has 0 saturated heterocycles. The molecule has 5 rings (SSSR count). The molecule has 124 valence electrons. The number of rotatable bonds is 3. The predicted molar refractivity (Wildman–Crippen MR) is 106 cm³/mol. The largest absolute Gasteiger partial charge is 0.340 e. The molecule has 0 spiro atoms. The van der Waals surface area contributed by atoms with Gasteiger partial charge in [-0.15, -0.1) is 0 Å². The van der Waals surface area contributed by atoms with Crippen molar-refractivity contribution < 1.29 is 0 Å². The number of aliphatic imine (C=N–C) groups is 1. The van der Waals surface area contributed by atoms with Gasteiger partial charge in [-0.1, -0.05) is 48.5 Å². The number of para-hydroxylation sites is 1. The van der Waals surface area contributed by atoms with Crippen LogP contribution in [0.4, 0.5) is 11.5 Å². The van der Waals surface area contributed by atoms with Crippen molar-refractivity contribution in [3.05, 3.63) is 83.9 Å². The summed E-state index contributed by atoms with van der Waals surface area (Å²) in [4.78, 5) is 13.9. The molecule has 1 aromatic heterocycles. The summed E-state index contributed by atoms with van der Waals surface area (Å²) in [6.07, 6.45) is 1.92. The molecule has 4 nitrogen and oxygen atoms in total. The first-order chi connectivity index (χ1) is 12.9. The zero-order valence-corrected chi connectivity index (χ0v) is 14.1. The molecule has 3 aromatic carbocycles.